The van der Waals surface area contributed by atoms with Gasteiger partial charge in [0.05, 0.1) is 0 Å². The molecular weight excluding hydrogens is 264 g/mol. The molecule has 0 spiro atoms. The largest absolute Gasteiger partial charge is 0.354 e. The van der Waals surface area contributed by atoms with Gasteiger partial charge in [0.1, 0.15) is 0 Å². The number of unbranched alkanes of at least 4 members (excludes halogenated alkanes) is 1. The zero-order valence-corrected chi connectivity index (χ0v) is 14.1. The van der Waals surface area contributed by atoms with Crippen molar-refractivity contribution in [1.29, 1.82) is 0 Å². The highest BCUT2D eigenvalue weighted by molar-refractivity contribution is 5.43. The van der Waals surface area contributed by atoms with E-state index in [0.29, 0.717) is 23.9 Å². The van der Waals surface area contributed by atoms with E-state index in [0.717, 1.165) is 25.8 Å². The zero-order chi connectivity index (χ0) is 15.7. The predicted octanol–water partition coefficient (Wildman–Crippen LogP) is 3.14. The maximum absolute atomic E-state index is 4.50. The monoisotopic (exact) mass is 294 g/mol. The highest BCUT2D eigenvalue weighted by atomic mass is 15.3. The number of hydrogen-bond acceptors (Lipinski definition) is 6. The summed E-state index contributed by atoms with van der Waals surface area (Å²) in [6.45, 7) is 7.26. The Bertz CT molecular complexity index is 407. The lowest BCUT2D eigenvalue weighted by molar-refractivity contribution is 0.560. The number of hydrogen-bond donors (Lipinski definition) is 2. The minimum absolute atomic E-state index is 0.432. The summed E-state index contributed by atoms with van der Waals surface area (Å²) in [5, 5.41) is 6.64. The second-order valence-corrected chi connectivity index (χ2v) is 5.48. The topological polar surface area (TPSA) is 66.0 Å². The summed E-state index contributed by atoms with van der Waals surface area (Å²) in [6.07, 6.45) is 5.89. The van der Waals surface area contributed by atoms with E-state index in [-0.39, 0.29) is 0 Å². The Morgan fingerprint density at radius 3 is 2.24 bits per heavy atom. The quantitative estimate of drug-likeness (QED) is 0.691. The van der Waals surface area contributed by atoms with Crippen molar-refractivity contribution in [1.82, 2.24) is 15.0 Å². The Morgan fingerprint density at radius 1 is 0.952 bits per heavy atom. The van der Waals surface area contributed by atoms with Crippen LogP contribution in [0.3, 0.4) is 0 Å². The van der Waals surface area contributed by atoms with Crippen LogP contribution in [-0.2, 0) is 0 Å². The molecule has 0 saturated carbocycles. The van der Waals surface area contributed by atoms with Crippen molar-refractivity contribution in [3.05, 3.63) is 0 Å². The lowest BCUT2D eigenvalue weighted by Gasteiger charge is -2.19. The second kappa shape index (κ2) is 9.37. The fourth-order valence-corrected chi connectivity index (χ4v) is 2.14. The third kappa shape index (κ3) is 6.14. The fraction of sp³-hybridized carbons (Fsp3) is 0.800. The van der Waals surface area contributed by atoms with Gasteiger partial charge in [-0.25, -0.2) is 0 Å². The molecule has 1 heterocycles. The first-order valence-corrected chi connectivity index (χ1v) is 8.04. The molecule has 0 aliphatic carbocycles. The molecule has 2 N–H and O–H groups in total. The van der Waals surface area contributed by atoms with Crippen LogP contribution in [-0.4, -0.2) is 41.6 Å². The highest BCUT2D eigenvalue weighted by Crippen LogP contribution is 2.16. The Kier molecular flexibility index (Phi) is 7.79. The summed E-state index contributed by atoms with van der Waals surface area (Å²) in [5.74, 6) is 1.97. The van der Waals surface area contributed by atoms with E-state index < -0.39 is 0 Å². The van der Waals surface area contributed by atoms with Gasteiger partial charge in [0, 0.05) is 26.7 Å². The second-order valence-electron chi connectivity index (χ2n) is 5.48. The molecule has 1 atom stereocenters. The molecule has 1 unspecified atom stereocenters. The Labute approximate surface area is 128 Å². The molecule has 0 bridgehead atoms. The van der Waals surface area contributed by atoms with E-state index in [1.807, 2.05) is 25.9 Å². The summed E-state index contributed by atoms with van der Waals surface area (Å²) in [6, 6.07) is 0.432. The molecule has 6 nitrogen and oxygen atoms in total. The van der Waals surface area contributed by atoms with E-state index in [4.69, 9.17) is 0 Å². The van der Waals surface area contributed by atoms with Gasteiger partial charge < -0.3 is 15.5 Å². The third-order valence-electron chi connectivity index (χ3n) is 3.23. The van der Waals surface area contributed by atoms with Crippen LogP contribution >= 0.6 is 0 Å². The molecular formula is C15H30N6. The van der Waals surface area contributed by atoms with Gasteiger partial charge in [-0.05, 0) is 19.8 Å². The molecule has 1 aromatic rings. The molecule has 0 fully saturated rings. The molecule has 120 valence electrons. The normalized spacial score (nSPS) is 12.0. The molecule has 0 amide bonds. The van der Waals surface area contributed by atoms with Crippen molar-refractivity contribution in [3.8, 4) is 0 Å². The van der Waals surface area contributed by atoms with Crippen molar-refractivity contribution in [3.63, 3.8) is 0 Å². The van der Waals surface area contributed by atoms with Crippen LogP contribution in [0.25, 0.3) is 0 Å². The molecule has 0 saturated heterocycles. The van der Waals surface area contributed by atoms with Gasteiger partial charge in [0.25, 0.3) is 0 Å². The minimum Gasteiger partial charge on any atom is -0.354 e. The summed E-state index contributed by atoms with van der Waals surface area (Å²) in [5.41, 5.74) is 0. The van der Waals surface area contributed by atoms with E-state index in [2.05, 4.69) is 39.4 Å². The number of anilines is 3. The summed E-state index contributed by atoms with van der Waals surface area (Å²) in [7, 11) is 3.88. The maximum Gasteiger partial charge on any atom is 0.231 e. The SMILES string of the molecule is CCCCC(CCC)Nc1nc(NCC)nc(N(C)C)n1. The van der Waals surface area contributed by atoms with E-state index >= 15 is 0 Å². The van der Waals surface area contributed by atoms with E-state index in [1.54, 1.807) is 0 Å². The highest BCUT2D eigenvalue weighted by Gasteiger charge is 2.12. The molecule has 21 heavy (non-hydrogen) atoms. The van der Waals surface area contributed by atoms with Crippen LogP contribution in [0.15, 0.2) is 0 Å². The number of aromatic nitrogens is 3. The minimum atomic E-state index is 0.432. The fourth-order valence-electron chi connectivity index (χ4n) is 2.14. The number of rotatable bonds is 10. The van der Waals surface area contributed by atoms with Crippen LogP contribution in [0.2, 0.25) is 0 Å². The first kappa shape index (κ1) is 17.5. The van der Waals surface area contributed by atoms with Gasteiger partial charge in [-0.15, -0.1) is 0 Å². The van der Waals surface area contributed by atoms with Crippen molar-refractivity contribution in [2.24, 2.45) is 0 Å². The molecule has 0 aliphatic rings. The van der Waals surface area contributed by atoms with Gasteiger partial charge in [0.15, 0.2) is 0 Å². The van der Waals surface area contributed by atoms with Crippen molar-refractivity contribution in [2.75, 3.05) is 36.2 Å². The van der Waals surface area contributed by atoms with Crippen LogP contribution in [0, 0.1) is 0 Å². The van der Waals surface area contributed by atoms with Crippen LogP contribution in [0.1, 0.15) is 52.9 Å². The Morgan fingerprint density at radius 2 is 1.67 bits per heavy atom. The number of nitrogens with zero attached hydrogens (tertiary/aromatic N) is 4. The molecule has 1 aromatic heterocycles. The lowest BCUT2D eigenvalue weighted by Crippen LogP contribution is -2.23. The first-order valence-electron chi connectivity index (χ1n) is 8.04. The molecule has 0 radical (unpaired) electrons. The van der Waals surface area contributed by atoms with Crippen LogP contribution in [0.5, 0.6) is 0 Å². The Balaban J connectivity index is 2.87. The first-order chi connectivity index (χ1) is 10.1. The van der Waals surface area contributed by atoms with E-state index in [1.165, 1.54) is 12.8 Å². The average molecular weight is 294 g/mol. The van der Waals surface area contributed by atoms with Crippen molar-refractivity contribution >= 4 is 17.8 Å². The molecule has 0 aromatic carbocycles. The van der Waals surface area contributed by atoms with E-state index in [9.17, 15) is 0 Å². The van der Waals surface area contributed by atoms with Crippen molar-refractivity contribution < 1.29 is 0 Å². The smallest absolute Gasteiger partial charge is 0.231 e. The molecule has 1 rings (SSSR count). The lowest BCUT2D eigenvalue weighted by atomic mass is 10.1. The standard InChI is InChI=1S/C15H30N6/c1-6-9-11-12(10-7-2)17-14-18-13(16-8-3)19-15(20-14)21(4)5/h12H,6-11H2,1-5H3,(H2,16,17,18,19,20). The maximum atomic E-state index is 4.50. The summed E-state index contributed by atoms with van der Waals surface area (Å²) >= 11 is 0. The van der Waals surface area contributed by atoms with Crippen LogP contribution < -0.4 is 15.5 Å². The zero-order valence-electron chi connectivity index (χ0n) is 14.1. The van der Waals surface area contributed by atoms with Gasteiger partial charge >= 0.3 is 0 Å². The van der Waals surface area contributed by atoms with Gasteiger partial charge in [0.2, 0.25) is 17.8 Å². The summed E-state index contributed by atoms with van der Waals surface area (Å²) < 4.78 is 0. The molecule has 0 aliphatic heterocycles. The Hall–Kier alpha value is -1.59. The predicted molar refractivity (Wildman–Crippen MR) is 90.2 cm³/mol. The number of nitrogens with one attached hydrogen (secondary N) is 2. The van der Waals surface area contributed by atoms with Gasteiger partial charge in [-0.3, -0.25) is 0 Å². The molecule has 6 heteroatoms. The summed E-state index contributed by atoms with van der Waals surface area (Å²) in [4.78, 5) is 15.3. The third-order valence-corrected chi connectivity index (χ3v) is 3.23. The van der Waals surface area contributed by atoms with Crippen LogP contribution in [0.4, 0.5) is 17.8 Å². The van der Waals surface area contributed by atoms with Gasteiger partial charge in [-0.2, -0.15) is 15.0 Å². The van der Waals surface area contributed by atoms with Crippen molar-refractivity contribution in [2.45, 2.75) is 58.9 Å². The average Bonchev–Trinajstić information content (AvgIpc) is 2.45. The van der Waals surface area contributed by atoms with Gasteiger partial charge in [-0.1, -0.05) is 33.1 Å².